The number of rotatable bonds is 6. The Labute approximate surface area is 292 Å². The van der Waals surface area contributed by atoms with Crippen LogP contribution in [0.3, 0.4) is 0 Å². The van der Waals surface area contributed by atoms with Crippen molar-refractivity contribution in [2.24, 2.45) is 0 Å². The fourth-order valence-electron chi connectivity index (χ4n) is 7.50. The van der Waals surface area contributed by atoms with E-state index in [-0.39, 0.29) is 0 Å². The van der Waals surface area contributed by atoms with Gasteiger partial charge in [-0.1, -0.05) is 158 Å². The van der Waals surface area contributed by atoms with Crippen LogP contribution in [0.25, 0.3) is 72.4 Å². The first kappa shape index (κ1) is 29.9. The van der Waals surface area contributed by atoms with Gasteiger partial charge in [-0.3, -0.25) is 0 Å². The predicted molar refractivity (Wildman–Crippen MR) is 209 cm³/mol. The number of allylic oxidation sites excluding steroid dienone is 8. The molecule has 2 aliphatic rings. The van der Waals surface area contributed by atoms with Crippen molar-refractivity contribution in [2.45, 2.75) is 25.2 Å². The second kappa shape index (κ2) is 13.0. The van der Waals surface area contributed by atoms with Gasteiger partial charge in [-0.15, -0.1) is 0 Å². The maximum atomic E-state index is 5.15. The monoisotopic (exact) mass is 641 g/mol. The molecule has 1 aromatic heterocycles. The first-order chi connectivity index (χ1) is 24.8. The molecule has 1 atom stereocenters. The van der Waals surface area contributed by atoms with Gasteiger partial charge in [0.25, 0.3) is 0 Å². The highest BCUT2D eigenvalue weighted by Crippen LogP contribution is 2.44. The van der Waals surface area contributed by atoms with Gasteiger partial charge >= 0.3 is 0 Å². The summed E-state index contributed by atoms with van der Waals surface area (Å²) in [6, 6.07) is 45.2. The van der Waals surface area contributed by atoms with Crippen molar-refractivity contribution in [1.82, 2.24) is 15.0 Å². The van der Waals surface area contributed by atoms with Crippen molar-refractivity contribution in [3.05, 3.63) is 181 Å². The average molecular weight is 642 g/mol. The van der Waals surface area contributed by atoms with Crippen molar-refractivity contribution < 1.29 is 0 Å². The van der Waals surface area contributed by atoms with Crippen LogP contribution in [0, 0.1) is 0 Å². The Kier molecular flexibility index (Phi) is 7.79. The zero-order valence-corrected chi connectivity index (χ0v) is 27.7. The van der Waals surface area contributed by atoms with Crippen LogP contribution in [0.4, 0.5) is 0 Å². The summed E-state index contributed by atoms with van der Waals surface area (Å²) in [5.74, 6) is 2.31. The summed E-state index contributed by atoms with van der Waals surface area (Å²) in [7, 11) is 0. The maximum Gasteiger partial charge on any atom is 0.164 e. The molecule has 0 bridgehead atoms. The molecule has 3 heteroatoms. The van der Waals surface area contributed by atoms with E-state index >= 15 is 0 Å². The number of hydrogen-bond acceptors (Lipinski definition) is 3. The minimum Gasteiger partial charge on any atom is -0.208 e. The lowest BCUT2D eigenvalue weighted by molar-refractivity contribution is 0.870. The van der Waals surface area contributed by atoms with E-state index in [2.05, 4.69) is 152 Å². The minimum atomic E-state index is 0.333. The van der Waals surface area contributed by atoms with Gasteiger partial charge in [0.15, 0.2) is 17.5 Å². The second-order valence-corrected chi connectivity index (χ2v) is 13.0. The molecule has 1 unspecified atom stereocenters. The summed E-state index contributed by atoms with van der Waals surface area (Å²) in [4.78, 5) is 15.3. The third-order valence-corrected chi connectivity index (χ3v) is 9.85. The Hall–Kier alpha value is -6.19. The first-order valence-electron chi connectivity index (χ1n) is 17.5. The van der Waals surface area contributed by atoms with E-state index < -0.39 is 0 Å². The smallest absolute Gasteiger partial charge is 0.164 e. The zero-order valence-electron chi connectivity index (χ0n) is 27.7. The molecule has 50 heavy (non-hydrogen) atoms. The van der Waals surface area contributed by atoms with E-state index in [0.29, 0.717) is 23.4 Å². The molecule has 7 aromatic rings. The van der Waals surface area contributed by atoms with Gasteiger partial charge in [0.1, 0.15) is 0 Å². The van der Waals surface area contributed by atoms with Crippen molar-refractivity contribution >= 4 is 27.1 Å². The SMILES string of the molecule is C1=CCC(c2c3ccccc3c(-c3cccc(-c4nc(-c5ccccc5)nc(-c5cccc(C6=CCCC=C6)c5)n4)c3)c3ccccc23)C=C1. The van der Waals surface area contributed by atoms with Gasteiger partial charge in [0.2, 0.25) is 0 Å². The van der Waals surface area contributed by atoms with Gasteiger partial charge < -0.3 is 0 Å². The van der Waals surface area contributed by atoms with Crippen LogP contribution in [0.1, 0.15) is 36.3 Å². The lowest BCUT2D eigenvalue weighted by Crippen LogP contribution is -2.01. The van der Waals surface area contributed by atoms with E-state index in [4.69, 9.17) is 15.0 Å². The van der Waals surface area contributed by atoms with Crippen LogP contribution in [-0.4, -0.2) is 15.0 Å². The number of nitrogens with zero attached hydrogens (tertiary/aromatic N) is 3. The van der Waals surface area contributed by atoms with Gasteiger partial charge in [0, 0.05) is 22.6 Å². The van der Waals surface area contributed by atoms with Crippen LogP contribution in [-0.2, 0) is 0 Å². The first-order valence-corrected chi connectivity index (χ1v) is 17.5. The van der Waals surface area contributed by atoms with Crippen LogP contribution < -0.4 is 0 Å². The van der Waals surface area contributed by atoms with E-state index in [9.17, 15) is 0 Å². The number of fused-ring (bicyclic) bond motifs is 2. The molecule has 0 amide bonds. The van der Waals surface area contributed by atoms with Crippen LogP contribution in [0.2, 0.25) is 0 Å². The third kappa shape index (κ3) is 5.57. The van der Waals surface area contributed by atoms with Crippen molar-refractivity contribution in [2.75, 3.05) is 0 Å². The van der Waals surface area contributed by atoms with Crippen molar-refractivity contribution in [3.8, 4) is 45.3 Å². The highest BCUT2D eigenvalue weighted by atomic mass is 15.0. The van der Waals surface area contributed by atoms with Gasteiger partial charge in [-0.05, 0) is 80.8 Å². The second-order valence-electron chi connectivity index (χ2n) is 13.0. The average Bonchev–Trinajstić information content (AvgIpc) is 3.21. The molecule has 1 heterocycles. The predicted octanol–water partition coefficient (Wildman–Crippen LogP) is 12.2. The summed E-state index contributed by atoms with van der Waals surface area (Å²) in [5, 5.41) is 5.11. The molecule has 6 aromatic carbocycles. The Morgan fingerprint density at radius 2 is 1.02 bits per heavy atom. The normalized spacial score (nSPS) is 15.4. The van der Waals surface area contributed by atoms with E-state index in [1.165, 1.54) is 43.8 Å². The molecule has 0 saturated heterocycles. The Morgan fingerprint density at radius 1 is 0.460 bits per heavy atom. The summed E-state index contributed by atoms with van der Waals surface area (Å²) in [6.45, 7) is 0. The Morgan fingerprint density at radius 3 is 1.64 bits per heavy atom. The molecule has 0 fully saturated rings. The van der Waals surface area contributed by atoms with Gasteiger partial charge in [-0.2, -0.15) is 0 Å². The van der Waals surface area contributed by atoms with Crippen LogP contribution >= 0.6 is 0 Å². The molecule has 0 aliphatic heterocycles. The Balaban J connectivity index is 1.22. The molecule has 3 nitrogen and oxygen atoms in total. The quantitative estimate of drug-likeness (QED) is 0.170. The number of hydrogen-bond donors (Lipinski definition) is 0. The van der Waals surface area contributed by atoms with Crippen LogP contribution in [0.15, 0.2) is 170 Å². The molecule has 0 N–H and O–H groups in total. The maximum absolute atomic E-state index is 5.15. The largest absolute Gasteiger partial charge is 0.208 e. The van der Waals surface area contributed by atoms with Crippen molar-refractivity contribution in [1.29, 1.82) is 0 Å². The Bertz CT molecular complexity index is 2460. The highest BCUT2D eigenvalue weighted by Gasteiger charge is 2.21. The lowest BCUT2D eigenvalue weighted by Gasteiger charge is -2.22. The summed E-state index contributed by atoms with van der Waals surface area (Å²) in [6.07, 6.45) is 18.9. The third-order valence-electron chi connectivity index (χ3n) is 9.85. The zero-order chi connectivity index (χ0) is 33.3. The molecule has 2 aliphatic carbocycles. The topological polar surface area (TPSA) is 38.7 Å². The standard InChI is InChI=1S/C47H35N3/c1-4-16-32(17-5-1)35-22-14-24-37(30-35)46-48-45(34-20-8-3-9-21-34)49-47(50-46)38-25-15-23-36(31-38)44-41-28-12-10-26-39(41)43(33-18-6-2-7-19-33)40-27-11-13-29-42(40)44/h2-4,6-18,20-31,33H,1,5,19H2. The minimum absolute atomic E-state index is 0.333. The fraction of sp³-hybridized carbons (Fsp3) is 0.0851. The fourth-order valence-corrected chi connectivity index (χ4v) is 7.50. The highest BCUT2D eigenvalue weighted by molar-refractivity contribution is 6.15. The van der Waals surface area contributed by atoms with Gasteiger partial charge in [0.05, 0.1) is 0 Å². The van der Waals surface area contributed by atoms with E-state index in [1.54, 1.807) is 0 Å². The molecular formula is C47H35N3. The molecule has 9 rings (SSSR count). The van der Waals surface area contributed by atoms with Crippen molar-refractivity contribution in [3.63, 3.8) is 0 Å². The summed E-state index contributed by atoms with van der Waals surface area (Å²) >= 11 is 0. The van der Waals surface area contributed by atoms with E-state index in [0.717, 1.165) is 41.5 Å². The van der Waals surface area contributed by atoms with E-state index in [1.807, 2.05) is 18.2 Å². The molecule has 0 saturated carbocycles. The summed E-state index contributed by atoms with van der Waals surface area (Å²) in [5.41, 5.74) is 9.07. The molecule has 0 radical (unpaired) electrons. The molecule has 238 valence electrons. The van der Waals surface area contributed by atoms with Gasteiger partial charge in [-0.25, -0.2) is 15.0 Å². The number of aromatic nitrogens is 3. The molecule has 0 spiro atoms. The molecular weight excluding hydrogens is 607 g/mol. The summed E-state index contributed by atoms with van der Waals surface area (Å²) < 4.78 is 0. The lowest BCUT2D eigenvalue weighted by atomic mass is 9.81. The number of benzene rings is 6. The van der Waals surface area contributed by atoms with Crippen LogP contribution in [0.5, 0.6) is 0 Å².